The van der Waals surface area contributed by atoms with E-state index in [1.165, 1.54) is 51.4 Å². The summed E-state index contributed by atoms with van der Waals surface area (Å²) in [7, 11) is 0. The number of rotatable bonds is 3. The molecule has 0 bridgehead atoms. The van der Waals surface area contributed by atoms with Gasteiger partial charge in [0.1, 0.15) is 0 Å². The van der Waals surface area contributed by atoms with Crippen LogP contribution in [0.5, 0.6) is 0 Å². The van der Waals surface area contributed by atoms with E-state index in [-0.39, 0.29) is 28.5 Å². The van der Waals surface area contributed by atoms with Crippen LogP contribution in [-0.2, 0) is 20.4 Å². The average Bonchev–Trinajstić information content (AvgIpc) is 3.22. The van der Waals surface area contributed by atoms with Crippen molar-refractivity contribution >= 4 is 0 Å². The topological polar surface area (TPSA) is 0 Å². The molecule has 0 N–H and O–H groups in total. The van der Waals surface area contributed by atoms with Crippen molar-refractivity contribution in [3.05, 3.63) is 46.6 Å². The van der Waals surface area contributed by atoms with Gasteiger partial charge in [-0.2, -0.15) is 0 Å². The van der Waals surface area contributed by atoms with Crippen LogP contribution in [0.15, 0.2) is 46.6 Å². The van der Waals surface area contributed by atoms with Crippen molar-refractivity contribution in [3.63, 3.8) is 0 Å². The summed E-state index contributed by atoms with van der Waals surface area (Å²) in [6.07, 6.45) is 20.7. The maximum absolute atomic E-state index is 2.70. The molecule has 1 saturated carbocycles. The first-order chi connectivity index (χ1) is 12.0. The van der Waals surface area contributed by atoms with Gasteiger partial charge >= 0.3 is 167 Å². The first kappa shape index (κ1) is 23.5. The molecule has 0 amide bonds. The summed E-state index contributed by atoms with van der Waals surface area (Å²) < 4.78 is 0.230. The van der Waals surface area contributed by atoms with E-state index in [9.17, 15) is 0 Å². The Hall–Kier alpha value is 0.254. The fraction of sp³-hybridized carbons (Fsp3) is 0.667. The Balaban J connectivity index is 0.00000131. The Morgan fingerprint density at radius 2 is 1.85 bits per heavy atom. The molecule has 0 nitrogen and oxygen atoms in total. The standard InChI is InChI=1S/C24H33.2ClH.Ti/c1-16(2)20-13-12-17(3)14-22(20)23-15-19-10-6-7-11-21(19)24(23)18-8-4-5-9-18;;;/h4-5,8,15-17,20,22H,6-7,9-14H2,1-3H3;2*1H;/q;;;+2/p-2/t17-,20+,22?;;;/m1.../s1. The van der Waals surface area contributed by atoms with Gasteiger partial charge in [0.15, 0.2) is 0 Å². The minimum absolute atomic E-state index is 0. The molecule has 27 heavy (non-hydrogen) atoms. The van der Waals surface area contributed by atoms with Gasteiger partial charge in [-0.25, -0.2) is 0 Å². The van der Waals surface area contributed by atoms with Crippen molar-refractivity contribution in [1.29, 1.82) is 0 Å². The molecule has 3 heteroatoms. The predicted octanol–water partition coefficient (Wildman–Crippen LogP) is 1.11. The summed E-state index contributed by atoms with van der Waals surface area (Å²) in [4.78, 5) is 0. The van der Waals surface area contributed by atoms with Crippen molar-refractivity contribution in [2.45, 2.75) is 75.9 Å². The SMILES string of the molecule is CC(C)[C@@H]1CC[C@@H](C)CC1C1=CC2=C(CCCC2)[C@]1([Ti+2])C1=CC=CC1.[Cl-].[Cl-]. The summed E-state index contributed by atoms with van der Waals surface area (Å²) in [6.45, 7) is 7.41. The number of halogens is 2. The molecule has 0 aromatic heterocycles. The number of hydrogen-bond donors (Lipinski definition) is 0. The fourth-order valence-electron chi connectivity index (χ4n) is 6.04. The average molecular weight is 440 g/mol. The van der Waals surface area contributed by atoms with Crippen molar-refractivity contribution in [3.8, 4) is 0 Å². The third kappa shape index (κ3) is 4.12. The zero-order valence-corrected chi connectivity index (χ0v) is 20.1. The molecule has 1 fully saturated rings. The molecule has 0 spiro atoms. The number of allylic oxidation sites excluding steroid dienone is 8. The molecule has 4 aliphatic rings. The maximum Gasteiger partial charge on any atom is -1.00 e. The molecule has 0 radical (unpaired) electrons. The molecule has 1 unspecified atom stereocenters. The van der Waals surface area contributed by atoms with E-state index in [2.05, 4.69) is 65.5 Å². The predicted molar refractivity (Wildman–Crippen MR) is 103 cm³/mol. The summed E-state index contributed by atoms with van der Waals surface area (Å²) >= 11 is 2.59. The van der Waals surface area contributed by atoms with Crippen molar-refractivity contribution in [1.82, 2.24) is 0 Å². The van der Waals surface area contributed by atoms with Crippen LogP contribution >= 0.6 is 0 Å². The largest absolute Gasteiger partial charge is 1.00 e. The Morgan fingerprint density at radius 3 is 2.52 bits per heavy atom. The normalized spacial score (nSPS) is 35.4. The summed E-state index contributed by atoms with van der Waals surface area (Å²) in [5.74, 6) is 3.35. The van der Waals surface area contributed by atoms with Crippen LogP contribution < -0.4 is 24.8 Å². The quantitative estimate of drug-likeness (QED) is 0.577. The third-order valence-electron chi connectivity index (χ3n) is 7.40. The van der Waals surface area contributed by atoms with Gasteiger partial charge in [-0.3, -0.25) is 0 Å². The van der Waals surface area contributed by atoms with E-state index in [1.807, 2.05) is 0 Å². The van der Waals surface area contributed by atoms with Crippen LogP contribution in [0.2, 0.25) is 3.72 Å². The molecule has 147 valence electrons. The molecular weight excluding hydrogens is 407 g/mol. The first-order valence-electron chi connectivity index (χ1n) is 10.6. The molecule has 0 saturated heterocycles. The van der Waals surface area contributed by atoms with E-state index in [0.29, 0.717) is 0 Å². The second-order valence-electron chi connectivity index (χ2n) is 9.32. The van der Waals surface area contributed by atoms with Gasteiger partial charge in [-0.15, -0.1) is 0 Å². The minimum atomic E-state index is 0. The van der Waals surface area contributed by atoms with E-state index in [4.69, 9.17) is 0 Å². The number of hydrogen-bond acceptors (Lipinski definition) is 0. The zero-order valence-electron chi connectivity index (χ0n) is 17.0. The molecular formula is C24H33Cl2Ti. The van der Waals surface area contributed by atoms with Crippen LogP contribution in [0.25, 0.3) is 0 Å². The van der Waals surface area contributed by atoms with Crippen molar-refractivity contribution < 1.29 is 45.2 Å². The van der Waals surface area contributed by atoms with Crippen LogP contribution in [-0.4, -0.2) is 0 Å². The van der Waals surface area contributed by atoms with Crippen molar-refractivity contribution in [2.24, 2.45) is 23.7 Å². The van der Waals surface area contributed by atoms with Gasteiger partial charge < -0.3 is 24.8 Å². The van der Waals surface area contributed by atoms with Gasteiger partial charge in [0.05, 0.1) is 0 Å². The molecule has 0 aromatic rings. The van der Waals surface area contributed by atoms with Crippen LogP contribution in [0, 0.1) is 23.7 Å². The van der Waals surface area contributed by atoms with Gasteiger partial charge in [-0.1, -0.05) is 0 Å². The molecule has 4 rings (SSSR count). The van der Waals surface area contributed by atoms with Crippen molar-refractivity contribution in [2.75, 3.05) is 0 Å². The summed E-state index contributed by atoms with van der Waals surface area (Å²) in [6, 6.07) is 0. The minimum Gasteiger partial charge on any atom is -1.00 e. The molecule has 4 aliphatic carbocycles. The summed E-state index contributed by atoms with van der Waals surface area (Å²) in [5, 5.41) is 0. The molecule has 0 aliphatic heterocycles. The van der Waals surface area contributed by atoms with E-state index in [1.54, 1.807) is 22.3 Å². The van der Waals surface area contributed by atoms with Crippen LogP contribution in [0.4, 0.5) is 0 Å². The zero-order chi connectivity index (χ0) is 17.6. The Bertz CT molecular complexity index is 670. The molecule has 0 aromatic carbocycles. The monoisotopic (exact) mass is 439 g/mol. The third-order valence-corrected chi connectivity index (χ3v) is 8.82. The second kappa shape index (κ2) is 9.38. The van der Waals surface area contributed by atoms with Gasteiger partial charge in [0, 0.05) is 0 Å². The maximum atomic E-state index is 2.70. The van der Waals surface area contributed by atoms with Gasteiger partial charge in [0.25, 0.3) is 0 Å². The Morgan fingerprint density at radius 1 is 1.11 bits per heavy atom. The smallest absolute Gasteiger partial charge is 1.00 e. The van der Waals surface area contributed by atoms with Gasteiger partial charge in [0.2, 0.25) is 0 Å². The first-order valence-corrected chi connectivity index (χ1v) is 11.4. The Labute approximate surface area is 190 Å². The van der Waals surface area contributed by atoms with Crippen LogP contribution in [0.3, 0.4) is 0 Å². The second-order valence-corrected chi connectivity index (χ2v) is 10.5. The van der Waals surface area contributed by atoms with E-state index >= 15 is 0 Å². The summed E-state index contributed by atoms with van der Waals surface area (Å²) in [5.41, 5.74) is 6.99. The van der Waals surface area contributed by atoms with E-state index < -0.39 is 0 Å². The molecule has 0 heterocycles. The fourth-order valence-corrected chi connectivity index (χ4v) is 7.17. The van der Waals surface area contributed by atoms with E-state index in [0.717, 1.165) is 23.7 Å². The Kier molecular flexibility index (Phi) is 8.17. The van der Waals surface area contributed by atoms with Crippen LogP contribution in [0.1, 0.15) is 72.1 Å². The molecule has 4 atom stereocenters. The van der Waals surface area contributed by atoms with Gasteiger partial charge in [-0.05, 0) is 0 Å².